The minimum absolute atomic E-state index is 0.250. The molecule has 80 valence electrons. The Balaban J connectivity index is 2.08. The van der Waals surface area contributed by atoms with E-state index in [4.69, 9.17) is 0 Å². The number of ketones is 1. The lowest BCUT2D eigenvalue weighted by Gasteiger charge is -2.13. The number of Topliss-reactive ketones (excluding diaryl/α,β-unsaturated/α-hetero) is 1. The lowest BCUT2D eigenvalue weighted by Crippen LogP contribution is -2.19. The topological polar surface area (TPSA) is 47.8 Å². The van der Waals surface area contributed by atoms with Crippen LogP contribution in [0.2, 0.25) is 0 Å². The molecule has 1 aliphatic rings. The molecule has 1 aliphatic heterocycles. The van der Waals surface area contributed by atoms with E-state index in [0.717, 1.165) is 17.2 Å². The molecule has 1 aromatic heterocycles. The predicted molar refractivity (Wildman–Crippen MR) is 58.8 cm³/mol. The first-order valence-corrected chi connectivity index (χ1v) is 5.34. The first-order valence-electron chi connectivity index (χ1n) is 5.34. The van der Waals surface area contributed by atoms with Crippen LogP contribution < -0.4 is 0 Å². The molecule has 0 spiro atoms. The van der Waals surface area contributed by atoms with Crippen molar-refractivity contribution in [2.24, 2.45) is 0 Å². The van der Waals surface area contributed by atoms with Crippen molar-refractivity contribution in [2.45, 2.75) is 19.4 Å². The number of aromatic nitrogens is 3. The third-order valence-electron chi connectivity index (χ3n) is 2.83. The third kappa shape index (κ3) is 1.43. The highest BCUT2D eigenvalue weighted by molar-refractivity contribution is 5.81. The molecule has 0 unspecified atom stereocenters. The molecule has 2 aromatic rings. The molecular weight excluding hydrogens is 202 g/mol. The third-order valence-corrected chi connectivity index (χ3v) is 2.83. The maximum absolute atomic E-state index is 11.3. The van der Waals surface area contributed by atoms with E-state index >= 15 is 0 Å². The number of hydrogen-bond acceptors (Lipinski definition) is 3. The number of benzene rings is 1. The Bertz CT molecular complexity index is 530. The molecule has 0 aliphatic carbocycles. The van der Waals surface area contributed by atoms with Gasteiger partial charge in [-0.3, -0.25) is 4.79 Å². The molecule has 4 nitrogen and oxygen atoms in total. The van der Waals surface area contributed by atoms with Gasteiger partial charge >= 0.3 is 0 Å². The minimum Gasteiger partial charge on any atom is -0.310 e. The number of nitrogens with zero attached hydrogens (tertiary/aromatic N) is 3. The molecule has 0 saturated carbocycles. The zero-order chi connectivity index (χ0) is 11.0. The largest absolute Gasteiger partial charge is 0.310 e. The van der Waals surface area contributed by atoms with Crippen LogP contribution in [-0.2, 0) is 17.8 Å². The van der Waals surface area contributed by atoms with Crippen molar-refractivity contribution in [3.63, 3.8) is 0 Å². The van der Waals surface area contributed by atoms with Crippen LogP contribution in [0.4, 0.5) is 0 Å². The Kier molecular flexibility index (Phi) is 2.06. The Labute approximate surface area is 92.9 Å². The predicted octanol–water partition coefficient (Wildman–Crippen LogP) is 1.46. The van der Waals surface area contributed by atoms with Gasteiger partial charge in [0.1, 0.15) is 11.6 Å². The second kappa shape index (κ2) is 3.56. The zero-order valence-corrected chi connectivity index (χ0v) is 8.76. The summed E-state index contributed by atoms with van der Waals surface area (Å²) in [6.45, 7) is 0.700. The van der Waals surface area contributed by atoms with Crippen LogP contribution in [0.15, 0.2) is 30.3 Å². The highest BCUT2D eigenvalue weighted by Gasteiger charge is 2.20. The fourth-order valence-corrected chi connectivity index (χ4v) is 2.00. The summed E-state index contributed by atoms with van der Waals surface area (Å²) in [5, 5.41) is 8.24. The normalized spacial score (nSPS) is 14.9. The molecule has 0 fully saturated rings. The molecule has 0 bridgehead atoms. The highest BCUT2D eigenvalue weighted by atomic mass is 16.1. The van der Waals surface area contributed by atoms with Crippen molar-refractivity contribution in [1.82, 2.24) is 14.8 Å². The van der Waals surface area contributed by atoms with Crippen LogP contribution in [-0.4, -0.2) is 20.5 Å². The fourth-order valence-electron chi connectivity index (χ4n) is 2.00. The Hall–Kier alpha value is -1.97. The minimum atomic E-state index is 0.250. The van der Waals surface area contributed by atoms with Crippen molar-refractivity contribution < 1.29 is 4.79 Å². The molecule has 2 heterocycles. The molecule has 1 aromatic carbocycles. The Morgan fingerprint density at radius 1 is 1.12 bits per heavy atom. The van der Waals surface area contributed by atoms with Gasteiger partial charge in [0.25, 0.3) is 0 Å². The van der Waals surface area contributed by atoms with E-state index in [-0.39, 0.29) is 5.78 Å². The molecular formula is C12H11N3O. The summed E-state index contributed by atoms with van der Waals surface area (Å²) in [6.07, 6.45) is 1.00. The SMILES string of the molecule is O=C1CCn2c(nnc2-c2ccccc2)C1. The van der Waals surface area contributed by atoms with Gasteiger partial charge in [-0.2, -0.15) is 0 Å². The molecule has 0 saturated heterocycles. The number of carbonyl (C=O) groups excluding carboxylic acids is 1. The molecule has 0 atom stereocenters. The summed E-state index contributed by atoms with van der Waals surface area (Å²) >= 11 is 0. The van der Waals surface area contributed by atoms with Crippen LogP contribution in [0.1, 0.15) is 12.2 Å². The fraction of sp³-hybridized carbons (Fsp3) is 0.250. The van der Waals surface area contributed by atoms with Crippen molar-refractivity contribution in [3.05, 3.63) is 36.2 Å². The maximum Gasteiger partial charge on any atom is 0.163 e. The smallest absolute Gasteiger partial charge is 0.163 e. The van der Waals surface area contributed by atoms with E-state index in [1.54, 1.807) is 0 Å². The number of carbonyl (C=O) groups is 1. The van der Waals surface area contributed by atoms with E-state index in [0.29, 0.717) is 19.4 Å². The average molecular weight is 213 g/mol. The van der Waals surface area contributed by atoms with E-state index in [9.17, 15) is 4.79 Å². The molecule has 0 radical (unpaired) electrons. The highest BCUT2D eigenvalue weighted by Crippen LogP contribution is 2.21. The quantitative estimate of drug-likeness (QED) is 0.720. The number of hydrogen-bond donors (Lipinski definition) is 0. The van der Waals surface area contributed by atoms with Crippen LogP contribution >= 0.6 is 0 Å². The van der Waals surface area contributed by atoms with Gasteiger partial charge in [-0.25, -0.2) is 0 Å². The molecule has 4 heteroatoms. The molecule has 0 amide bonds. The second-order valence-electron chi connectivity index (χ2n) is 3.92. The standard InChI is InChI=1S/C12H11N3O/c16-10-6-7-15-11(8-10)13-14-12(15)9-4-2-1-3-5-9/h1-5H,6-8H2. The van der Waals surface area contributed by atoms with Gasteiger partial charge in [0, 0.05) is 18.5 Å². The van der Waals surface area contributed by atoms with Crippen LogP contribution in [0.25, 0.3) is 11.4 Å². The van der Waals surface area contributed by atoms with Crippen LogP contribution in [0.5, 0.6) is 0 Å². The van der Waals surface area contributed by atoms with E-state index in [1.165, 1.54) is 0 Å². The second-order valence-corrected chi connectivity index (χ2v) is 3.92. The molecule has 16 heavy (non-hydrogen) atoms. The van der Waals surface area contributed by atoms with Gasteiger partial charge in [-0.05, 0) is 0 Å². The lowest BCUT2D eigenvalue weighted by atomic mass is 10.1. The summed E-state index contributed by atoms with van der Waals surface area (Å²) in [5.41, 5.74) is 1.05. The number of fused-ring (bicyclic) bond motifs is 1. The van der Waals surface area contributed by atoms with Gasteiger partial charge in [0.2, 0.25) is 0 Å². The Morgan fingerprint density at radius 3 is 2.75 bits per heavy atom. The van der Waals surface area contributed by atoms with E-state index in [2.05, 4.69) is 10.2 Å². The van der Waals surface area contributed by atoms with Crippen molar-refractivity contribution in [3.8, 4) is 11.4 Å². The van der Waals surface area contributed by atoms with Crippen molar-refractivity contribution in [2.75, 3.05) is 0 Å². The van der Waals surface area contributed by atoms with E-state index < -0.39 is 0 Å². The number of rotatable bonds is 1. The zero-order valence-electron chi connectivity index (χ0n) is 8.76. The molecule has 0 N–H and O–H groups in total. The average Bonchev–Trinajstić information content (AvgIpc) is 2.73. The first-order chi connectivity index (χ1) is 7.84. The van der Waals surface area contributed by atoms with Gasteiger partial charge in [-0.15, -0.1) is 10.2 Å². The maximum atomic E-state index is 11.3. The summed E-state index contributed by atoms with van der Waals surface area (Å²) in [4.78, 5) is 11.3. The first kappa shape index (κ1) is 9.27. The van der Waals surface area contributed by atoms with Gasteiger partial charge in [-0.1, -0.05) is 30.3 Å². The summed E-state index contributed by atoms with van der Waals surface area (Å²) in [6, 6.07) is 9.94. The van der Waals surface area contributed by atoms with Gasteiger partial charge in [0.15, 0.2) is 5.82 Å². The Morgan fingerprint density at radius 2 is 1.94 bits per heavy atom. The van der Waals surface area contributed by atoms with Crippen LogP contribution in [0, 0.1) is 0 Å². The summed E-state index contributed by atoms with van der Waals surface area (Å²) < 4.78 is 2.04. The summed E-state index contributed by atoms with van der Waals surface area (Å²) in [7, 11) is 0. The van der Waals surface area contributed by atoms with Crippen molar-refractivity contribution >= 4 is 5.78 Å². The summed E-state index contributed by atoms with van der Waals surface area (Å²) in [5.74, 6) is 1.90. The lowest BCUT2D eigenvalue weighted by molar-refractivity contribution is -0.119. The van der Waals surface area contributed by atoms with E-state index in [1.807, 2.05) is 34.9 Å². The molecule has 3 rings (SSSR count). The van der Waals surface area contributed by atoms with Gasteiger partial charge < -0.3 is 4.57 Å². The van der Waals surface area contributed by atoms with Gasteiger partial charge in [0.05, 0.1) is 6.42 Å². The monoisotopic (exact) mass is 213 g/mol. The van der Waals surface area contributed by atoms with Crippen molar-refractivity contribution in [1.29, 1.82) is 0 Å². The van der Waals surface area contributed by atoms with Crippen LogP contribution in [0.3, 0.4) is 0 Å².